The second-order valence-corrected chi connectivity index (χ2v) is 19.5. The smallest absolute Gasteiger partial charge is 0.367 e. The van der Waals surface area contributed by atoms with Gasteiger partial charge in [-0.05, 0) is 11.1 Å². The average Bonchev–Trinajstić information content (AvgIpc) is 4.19. The SMILES string of the molecule is COc1cc(N=C(C#N)C#N)sc1-c1nc2sc3c(c2s1)OC(C(=O)OCc1ccccc1)(C(=O)OCc1ccccc1)c1c-3sc2c1SC(c1sc(N=C(C#N)C#N)cc1OC)N2. The van der Waals surface area contributed by atoms with E-state index in [0.29, 0.717) is 76.6 Å². The number of benzene rings is 2. The van der Waals surface area contributed by atoms with Crippen molar-refractivity contribution in [3.63, 3.8) is 0 Å². The summed E-state index contributed by atoms with van der Waals surface area (Å²) in [5.41, 5.74) is -1.49. The first-order valence-electron chi connectivity index (χ1n) is 18.5. The number of hydrogen-bond acceptors (Lipinski definition) is 21. The Bertz CT molecular complexity index is 3160. The number of nitrogens with one attached hydrogen (secondary N) is 1. The summed E-state index contributed by atoms with van der Waals surface area (Å²) < 4.78 is 30.9. The molecule has 2 aliphatic rings. The van der Waals surface area contributed by atoms with Crippen molar-refractivity contribution in [2.75, 3.05) is 19.5 Å². The lowest BCUT2D eigenvalue weighted by atomic mass is 9.90. The molecule has 15 nitrogen and oxygen atoms in total. The van der Waals surface area contributed by atoms with E-state index in [4.69, 9.17) is 28.7 Å². The standard InChI is InChI=1S/C43H24N8O7S6/c1-54-25-13-27(48-23(15-44)16-45)59-31(25)37-50-39-34(62-37)29-33(61-39)35-30(36-40(63-35)51-38(64-36)32-26(55-2)14-28(60-32)49-24(17-46)18-47)58-43(29,41(52)56-19-21-9-5-3-6-10-21)42(53)57-20-22-11-7-4-8-12-22/h3-14,37,50H,19-20H2,1-2H3. The Hall–Kier alpha value is -7.08. The van der Waals surface area contributed by atoms with Gasteiger partial charge in [0, 0.05) is 12.1 Å². The third kappa shape index (κ3) is 7.50. The zero-order valence-corrected chi connectivity index (χ0v) is 37.8. The minimum Gasteiger partial charge on any atom is -0.495 e. The Balaban J connectivity index is 1.20. The zero-order valence-electron chi connectivity index (χ0n) is 32.9. The van der Waals surface area contributed by atoms with Crippen LogP contribution in [0.3, 0.4) is 0 Å². The molecule has 0 aliphatic carbocycles. The van der Waals surface area contributed by atoms with Crippen LogP contribution in [0.5, 0.6) is 17.2 Å². The summed E-state index contributed by atoms with van der Waals surface area (Å²) in [6.07, 6.45) is 0. The summed E-state index contributed by atoms with van der Waals surface area (Å²) in [6.45, 7) is -0.344. The molecule has 9 rings (SSSR count). The highest BCUT2D eigenvalue weighted by Gasteiger charge is 2.61. The Morgan fingerprint density at radius 2 is 1.33 bits per heavy atom. The molecule has 0 saturated carbocycles. The number of carbonyl (C=O) groups is 2. The van der Waals surface area contributed by atoms with Gasteiger partial charge in [-0.3, -0.25) is 0 Å². The van der Waals surface area contributed by atoms with Crippen LogP contribution in [0.4, 0.5) is 15.0 Å². The molecule has 64 heavy (non-hydrogen) atoms. The van der Waals surface area contributed by atoms with Crippen LogP contribution in [0.1, 0.15) is 26.9 Å². The maximum absolute atomic E-state index is 15.1. The van der Waals surface area contributed by atoms with Gasteiger partial charge in [-0.1, -0.05) is 72.4 Å². The van der Waals surface area contributed by atoms with Gasteiger partial charge in [0.15, 0.2) is 5.75 Å². The molecule has 0 saturated heterocycles. The molecule has 7 aromatic rings. The Kier molecular flexibility index (Phi) is 11.6. The number of aromatic nitrogens is 1. The highest BCUT2D eigenvalue weighted by Crippen LogP contribution is 2.66. The zero-order chi connectivity index (χ0) is 44.5. The molecular formula is C43H24N8O7S6. The number of rotatable bonds is 12. The van der Waals surface area contributed by atoms with Crippen LogP contribution in [0.15, 0.2) is 87.7 Å². The molecule has 1 atom stereocenters. The van der Waals surface area contributed by atoms with E-state index in [1.807, 2.05) is 36.4 Å². The highest BCUT2D eigenvalue weighted by molar-refractivity contribution is 8.00. The fourth-order valence-electron chi connectivity index (χ4n) is 6.68. The van der Waals surface area contributed by atoms with Gasteiger partial charge in [0.2, 0.25) is 11.4 Å². The number of hydrogen-bond donors (Lipinski definition) is 1. The maximum Gasteiger partial charge on any atom is 0.367 e. The number of ether oxygens (including phenoxy) is 5. The van der Waals surface area contributed by atoms with E-state index in [9.17, 15) is 21.0 Å². The molecule has 2 aliphatic heterocycles. The van der Waals surface area contributed by atoms with Crippen LogP contribution >= 0.6 is 68.4 Å². The first-order chi connectivity index (χ1) is 31.2. The van der Waals surface area contributed by atoms with E-state index < -0.39 is 22.9 Å². The largest absolute Gasteiger partial charge is 0.495 e. The highest BCUT2D eigenvalue weighted by atomic mass is 32.2. The van der Waals surface area contributed by atoms with Crippen molar-refractivity contribution >= 4 is 116 Å². The molecule has 7 heterocycles. The lowest BCUT2D eigenvalue weighted by Crippen LogP contribution is -2.52. The fourth-order valence-corrected chi connectivity index (χ4v) is 14.2. The first-order valence-corrected chi connectivity index (χ1v) is 23.5. The second kappa shape index (κ2) is 17.6. The summed E-state index contributed by atoms with van der Waals surface area (Å²) in [4.78, 5) is 47.1. The minimum absolute atomic E-state index is 0.172. The Labute approximate surface area is 387 Å². The van der Waals surface area contributed by atoms with Gasteiger partial charge in [-0.25, -0.2) is 24.6 Å². The Morgan fingerprint density at radius 1 is 0.750 bits per heavy atom. The summed E-state index contributed by atoms with van der Waals surface area (Å²) >= 11 is 7.63. The topological polar surface area (TPSA) is 225 Å². The van der Waals surface area contributed by atoms with Crippen LogP contribution in [-0.4, -0.2) is 42.6 Å². The normalized spacial score (nSPS) is 13.8. The predicted molar refractivity (Wildman–Crippen MR) is 245 cm³/mol. The summed E-state index contributed by atoms with van der Waals surface area (Å²) in [7, 11) is 2.99. The van der Waals surface area contributed by atoms with E-state index in [0.717, 1.165) is 0 Å². The number of thiazole rings is 1. The van der Waals surface area contributed by atoms with Crippen LogP contribution in [-0.2, 0) is 37.9 Å². The van der Waals surface area contributed by atoms with Crippen LogP contribution in [0.2, 0.25) is 0 Å². The van der Waals surface area contributed by atoms with Crippen LogP contribution in [0.25, 0.3) is 29.2 Å². The van der Waals surface area contributed by atoms with Gasteiger partial charge in [0.1, 0.15) is 88.8 Å². The maximum atomic E-state index is 15.1. The van der Waals surface area contributed by atoms with Gasteiger partial charge in [-0.2, -0.15) is 21.0 Å². The number of methoxy groups -OCH3 is 2. The molecule has 21 heteroatoms. The fraction of sp³-hybridized carbons (Fsp3) is 0.140. The summed E-state index contributed by atoms with van der Waals surface area (Å²) in [5, 5.41) is 42.2. The van der Waals surface area contributed by atoms with Crippen LogP contribution in [0, 0.1) is 45.3 Å². The van der Waals surface area contributed by atoms with Crippen LogP contribution < -0.4 is 19.5 Å². The molecule has 314 valence electrons. The van der Waals surface area contributed by atoms with E-state index in [-0.39, 0.29) is 36.0 Å². The lowest BCUT2D eigenvalue weighted by Gasteiger charge is -2.34. The number of nitrogens with zero attached hydrogens (tertiary/aromatic N) is 7. The van der Waals surface area contributed by atoms with Crippen molar-refractivity contribution in [3.05, 3.63) is 94.4 Å². The Morgan fingerprint density at radius 3 is 1.91 bits per heavy atom. The van der Waals surface area contributed by atoms with Crippen molar-refractivity contribution in [3.8, 4) is 61.2 Å². The predicted octanol–water partition coefficient (Wildman–Crippen LogP) is 10.4. The molecular weight excluding hydrogens is 933 g/mol. The molecule has 0 fully saturated rings. The monoisotopic (exact) mass is 956 g/mol. The van der Waals surface area contributed by atoms with E-state index in [2.05, 4.69) is 15.3 Å². The van der Waals surface area contributed by atoms with Gasteiger partial charge in [-0.15, -0.1) is 56.7 Å². The van der Waals surface area contributed by atoms with Crippen molar-refractivity contribution < 1.29 is 33.3 Å². The number of thiophene rings is 4. The molecule has 0 radical (unpaired) electrons. The first kappa shape index (κ1) is 42.2. The number of nitriles is 4. The number of esters is 2. The van der Waals surface area contributed by atoms with Crippen molar-refractivity contribution in [2.45, 2.75) is 29.1 Å². The third-order valence-corrected chi connectivity index (χ3v) is 16.8. The summed E-state index contributed by atoms with van der Waals surface area (Å²) in [5.74, 6) is -0.864. The van der Waals surface area contributed by atoms with Crippen molar-refractivity contribution in [1.29, 1.82) is 21.0 Å². The molecule has 1 unspecified atom stereocenters. The molecule has 0 spiro atoms. The van der Waals surface area contributed by atoms with Gasteiger partial charge in [0.25, 0.3) is 0 Å². The summed E-state index contributed by atoms with van der Waals surface area (Å²) in [6, 6.07) is 28.5. The third-order valence-electron chi connectivity index (χ3n) is 9.52. The van der Waals surface area contributed by atoms with E-state index in [1.165, 1.54) is 82.7 Å². The number of aliphatic imine (C=N–C) groups is 2. The second-order valence-electron chi connectivity index (χ2n) is 13.3. The molecule has 0 bridgehead atoms. The molecule has 2 aromatic carbocycles. The van der Waals surface area contributed by atoms with E-state index >= 15 is 9.59 Å². The quantitative estimate of drug-likeness (QED) is 0.0683. The number of carbonyl (C=O) groups excluding carboxylic acids is 2. The average molecular weight is 957 g/mol. The van der Waals surface area contributed by atoms with E-state index in [1.54, 1.807) is 60.7 Å². The number of anilines is 1. The van der Waals surface area contributed by atoms with Gasteiger partial charge >= 0.3 is 17.5 Å². The molecule has 0 amide bonds. The molecule has 1 N–H and O–H groups in total. The number of thioether (sulfide) groups is 1. The van der Waals surface area contributed by atoms with Crippen molar-refractivity contribution in [2.24, 2.45) is 9.98 Å². The lowest BCUT2D eigenvalue weighted by molar-refractivity contribution is -0.183. The van der Waals surface area contributed by atoms with Crippen molar-refractivity contribution in [1.82, 2.24) is 4.98 Å². The van der Waals surface area contributed by atoms with Gasteiger partial charge in [0.05, 0.1) is 39.3 Å². The minimum atomic E-state index is -2.48. The van der Waals surface area contributed by atoms with Gasteiger partial charge < -0.3 is 29.0 Å². The molecule has 5 aromatic heterocycles. The number of fused-ring (bicyclic) bond motifs is 7.